The third kappa shape index (κ3) is 2.66. The molecule has 1 heterocycles. The number of carbonyl (C=O) groups excluding carboxylic acids is 1. The molecule has 1 aromatic heterocycles. The summed E-state index contributed by atoms with van der Waals surface area (Å²) < 4.78 is 0. The maximum atomic E-state index is 12.3. The standard InChI is InChI=1S/C13H14N4O3/c1-9-4-3-5-11(12(9)17(19)20)13(18)16(2)8-10-6-14-15-7-10/h3-7H,8H2,1-2H3,(H,14,15). The number of nitrogens with zero attached hydrogens (tertiary/aromatic N) is 3. The van der Waals surface area contributed by atoms with Crippen LogP contribution < -0.4 is 0 Å². The van der Waals surface area contributed by atoms with E-state index < -0.39 is 4.92 Å². The van der Waals surface area contributed by atoms with E-state index in [1.165, 1.54) is 11.0 Å². The SMILES string of the molecule is Cc1cccc(C(=O)N(C)Cc2cn[nH]c2)c1[N+](=O)[O-]. The Morgan fingerprint density at radius 3 is 2.85 bits per heavy atom. The molecule has 0 aliphatic rings. The summed E-state index contributed by atoms with van der Waals surface area (Å²) in [6, 6.07) is 4.73. The molecule has 1 aromatic carbocycles. The maximum absolute atomic E-state index is 12.3. The van der Waals surface area contributed by atoms with Gasteiger partial charge in [0, 0.05) is 30.9 Å². The van der Waals surface area contributed by atoms with E-state index in [9.17, 15) is 14.9 Å². The fourth-order valence-corrected chi connectivity index (χ4v) is 1.99. The highest BCUT2D eigenvalue weighted by molar-refractivity contribution is 5.98. The summed E-state index contributed by atoms with van der Waals surface area (Å²) in [5.74, 6) is -0.387. The fraction of sp³-hybridized carbons (Fsp3) is 0.231. The van der Waals surface area contributed by atoms with Crippen LogP contribution in [0.5, 0.6) is 0 Å². The second-order valence-corrected chi connectivity index (χ2v) is 4.50. The summed E-state index contributed by atoms with van der Waals surface area (Å²) in [4.78, 5) is 24.3. The van der Waals surface area contributed by atoms with Crippen LogP contribution in [-0.4, -0.2) is 33.0 Å². The van der Waals surface area contributed by atoms with Crippen LogP contribution in [0.25, 0.3) is 0 Å². The number of nitrogens with one attached hydrogen (secondary N) is 1. The van der Waals surface area contributed by atoms with Crippen LogP contribution in [-0.2, 0) is 6.54 Å². The van der Waals surface area contributed by atoms with Crippen molar-refractivity contribution in [2.24, 2.45) is 0 Å². The number of amides is 1. The Hall–Kier alpha value is -2.70. The zero-order chi connectivity index (χ0) is 14.7. The summed E-state index contributed by atoms with van der Waals surface area (Å²) in [6.45, 7) is 1.95. The zero-order valence-electron chi connectivity index (χ0n) is 11.2. The van der Waals surface area contributed by atoms with Gasteiger partial charge in [-0.05, 0) is 13.0 Å². The highest BCUT2D eigenvalue weighted by Gasteiger charge is 2.24. The van der Waals surface area contributed by atoms with Crippen molar-refractivity contribution in [3.63, 3.8) is 0 Å². The van der Waals surface area contributed by atoms with E-state index in [2.05, 4.69) is 10.2 Å². The van der Waals surface area contributed by atoms with Gasteiger partial charge in [-0.1, -0.05) is 12.1 Å². The Balaban J connectivity index is 2.29. The van der Waals surface area contributed by atoms with E-state index >= 15 is 0 Å². The normalized spacial score (nSPS) is 10.3. The van der Waals surface area contributed by atoms with Crippen LogP contribution in [0.4, 0.5) is 5.69 Å². The third-order valence-electron chi connectivity index (χ3n) is 2.97. The third-order valence-corrected chi connectivity index (χ3v) is 2.97. The number of nitro benzene ring substituents is 1. The van der Waals surface area contributed by atoms with Gasteiger partial charge < -0.3 is 4.90 Å². The van der Waals surface area contributed by atoms with Crippen molar-refractivity contribution in [3.8, 4) is 0 Å². The average Bonchev–Trinajstić information content (AvgIpc) is 2.89. The molecule has 1 amide bonds. The van der Waals surface area contributed by atoms with Crippen LogP contribution in [0.3, 0.4) is 0 Å². The summed E-state index contributed by atoms with van der Waals surface area (Å²) in [6.07, 6.45) is 3.28. The molecule has 0 atom stereocenters. The van der Waals surface area contributed by atoms with E-state index in [0.29, 0.717) is 12.1 Å². The molecule has 0 unspecified atom stereocenters. The van der Waals surface area contributed by atoms with E-state index in [1.54, 1.807) is 38.5 Å². The topological polar surface area (TPSA) is 92.1 Å². The lowest BCUT2D eigenvalue weighted by atomic mass is 10.1. The number of rotatable bonds is 4. The van der Waals surface area contributed by atoms with Crippen LogP contribution >= 0.6 is 0 Å². The van der Waals surface area contributed by atoms with Gasteiger partial charge in [0.1, 0.15) is 5.56 Å². The summed E-state index contributed by atoms with van der Waals surface area (Å²) in [7, 11) is 1.60. The van der Waals surface area contributed by atoms with Gasteiger partial charge in [-0.2, -0.15) is 5.10 Å². The van der Waals surface area contributed by atoms with Gasteiger partial charge in [-0.3, -0.25) is 20.0 Å². The molecule has 2 aromatic rings. The fourth-order valence-electron chi connectivity index (χ4n) is 1.99. The van der Waals surface area contributed by atoms with Gasteiger partial charge in [0.25, 0.3) is 11.6 Å². The molecule has 20 heavy (non-hydrogen) atoms. The van der Waals surface area contributed by atoms with E-state index in [4.69, 9.17) is 0 Å². The van der Waals surface area contributed by atoms with Crippen molar-refractivity contribution in [3.05, 3.63) is 57.4 Å². The molecule has 0 fully saturated rings. The van der Waals surface area contributed by atoms with Crippen molar-refractivity contribution in [1.82, 2.24) is 15.1 Å². The quantitative estimate of drug-likeness (QED) is 0.680. The molecule has 0 bridgehead atoms. The highest BCUT2D eigenvalue weighted by atomic mass is 16.6. The van der Waals surface area contributed by atoms with Gasteiger partial charge in [0.05, 0.1) is 11.1 Å². The van der Waals surface area contributed by atoms with Crippen LogP contribution in [0.2, 0.25) is 0 Å². The first kappa shape index (κ1) is 13.7. The molecule has 0 aliphatic heterocycles. The molecular formula is C13H14N4O3. The van der Waals surface area contributed by atoms with Crippen molar-refractivity contribution in [1.29, 1.82) is 0 Å². The Morgan fingerprint density at radius 1 is 1.50 bits per heavy atom. The van der Waals surface area contributed by atoms with Crippen LogP contribution in [0.1, 0.15) is 21.5 Å². The van der Waals surface area contributed by atoms with Gasteiger partial charge in [-0.25, -0.2) is 0 Å². The number of hydrogen-bond acceptors (Lipinski definition) is 4. The molecule has 0 radical (unpaired) electrons. The predicted molar refractivity (Wildman–Crippen MR) is 72.2 cm³/mol. The highest BCUT2D eigenvalue weighted by Crippen LogP contribution is 2.24. The molecule has 1 N–H and O–H groups in total. The zero-order valence-corrected chi connectivity index (χ0v) is 11.2. The lowest BCUT2D eigenvalue weighted by Crippen LogP contribution is -2.26. The number of benzene rings is 1. The first-order chi connectivity index (χ1) is 9.50. The summed E-state index contributed by atoms with van der Waals surface area (Å²) in [5, 5.41) is 17.6. The number of aromatic nitrogens is 2. The minimum absolute atomic E-state index is 0.0981. The van der Waals surface area contributed by atoms with Crippen LogP contribution in [0.15, 0.2) is 30.6 Å². The Labute approximate surface area is 115 Å². The summed E-state index contributed by atoms with van der Waals surface area (Å²) >= 11 is 0. The molecule has 0 aliphatic carbocycles. The first-order valence-corrected chi connectivity index (χ1v) is 5.98. The van der Waals surface area contributed by atoms with E-state index in [0.717, 1.165) is 5.56 Å². The molecule has 2 rings (SSSR count). The van der Waals surface area contributed by atoms with Crippen molar-refractivity contribution in [2.75, 3.05) is 7.05 Å². The molecular weight excluding hydrogens is 260 g/mol. The smallest absolute Gasteiger partial charge is 0.285 e. The number of aromatic amines is 1. The molecule has 0 spiro atoms. The van der Waals surface area contributed by atoms with Crippen molar-refractivity contribution in [2.45, 2.75) is 13.5 Å². The summed E-state index contributed by atoms with van der Waals surface area (Å²) in [5.41, 5.74) is 1.26. The minimum atomic E-state index is -0.520. The Kier molecular flexibility index (Phi) is 3.79. The van der Waals surface area contributed by atoms with Gasteiger partial charge in [-0.15, -0.1) is 0 Å². The van der Waals surface area contributed by atoms with Gasteiger partial charge >= 0.3 is 0 Å². The van der Waals surface area contributed by atoms with Crippen molar-refractivity contribution < 1.29 is 9.72 Å². The first-order valence-electron chi connectivity index (χ1n) is 5.98. The number of para-hydroxylation sites is 1. The Morgan fingerprint density at radius 2 is 2.25 bits per heavy atom. The molecule has 0 saturated heterocycles. The molecule has 0 saturated carbocycles. The maximum Gasteiger partial charge on any atom is 0.285 e. The number of hydrogen-bond donors (Lipinski definition) is 1. The number of nitro groups is 1. The molecule has 7 nitrogen and oxygen atoms in total. The van der Waals surface area contributed by atoms with Crippen LogP contribution in [0, 0.1) is 17.0 Å². The largest absolute Gasteiger partial charge is 0.337 e. The lowest BCUT2D eigenvalue weighted by molar-refractivity contribution is -0.385. The van der Waals surface area contributed by atoms with Gasteiger partial charge in [0.2, 0.25) is 0 Å². The second kappa shape index (κ2) is 5.52. The predicted octanol–water partition coefficient (Wildman–Crippen LogP) is 1.90. The number of carbonyl (C=O) groups is 1. The average molecular weight is 274 g/mol. The number of aryl methyl sites for hydroxylation is 1. The monoisotopic (exact) mass is 274 g/mol. The molecule has 104 valence electrons. The van der Waals surface area contributed by atoms with E-state index in [-0.39, 0.29) is 17.2 Å². The Bertz CT molecular complexity index is 637. The number of H-pyrrole nitrogens is 1. The van der Waals surface area contributed by atoms with E-state index in [1.807, 2.05) is 0 Å². The molecule has 7 heteroatoms. The minimum Gasteiger partial charge on any atom is -0.337 e. The van der Waals surface area contributed by atoms with Gasteiger partial charge in [0.15, 0.2) is 0 Å². The lowest BCUT2D eigenvalue weighted by Gasteiger charge is -2.16. The van der Waals surface area contributed by atoms with Crippen molar-refractivity contribution >= 4 is 11.6 Å². The second-order valence-electron chi connectivity index (χ2n) is 4.50.